The molecule has 0 aliphatic heterocycles. The lowest BCUT2D eigenvalue weighted by Gasteiger charge is -2.13. The third-order valence-corrected chi connectivity index (χ3v) is 3.87. The van der Waals surface area contributed by atoms with E-state index in [1.54, 1.807) is 12.1 Å². The van der Waals surface area contributed by atoms with Crippen molar-refractivity contribution in [2.24, 2.45) is 5.73 Å². The molecule has 0 spiro atoms. The number of nitrogens with two attached hydrogens (primary N) is 1. The first-order chi connectivity index (χ1) is 11.5. The van der Waals surface area contributed by atoms with Gasteiger partial charge in [0.25, 0.3) is 5.91 Å². The fourth-order valence-corrected chi connectivity index (χ4v) is 2.76. The lowest BCUT2D eigenvalue weighted by molar-refractivity contribution is 0.1000. The van der Waals surface area contributed by atoms with E-state index in [1.165, 1.54) is 13.3 Å². The summed E-state index contributed by atoms with van der Waals surface area (Å²) in [6.45, 7) is 3.64. The second-order valence-corrected chi connectivity index (χ2v) is 5.29. The van der Waals surface area contributed by atoms with Gasteiger partial charge in [0.15, 0.2) is 0 Å². The molecular weight excluding hydrogens is 312 g/mol. The van der Waals surface area contributed by atoms with Crippen LogP contribution in [0.2, 0.25) is 0 Å². The number of amides is 1. The summed E-state index contributed by atoms with van der Waals surface area (Å²) in [7, 11) is 1.53. The van der Waals surface area contributed by atoms with E-state index in [2.05, 4.69) is 10.1 Å². The van der Waals surface area contributed by atoms with E-state index in [0.29, 0.717) is 22.4 Å². The van der Waals surface area contributed by atoms with Crippen LogP contribution >= 0.6 is 0 Å². The Hall–Kier alpha value is -3.13. The molecular formula is C16H16N4O4. The summed E-state index contributed by atoms with van der Waals surface area (Å²) in [4.78, 5) is 15.8. The van der Waals surface area contributed by atoms with Crippen LogP contribution in [-0.2, 0) is 0 Å². The van der Waals surface area contributed by atoms with Crippen LogP contribution in [0.15, 0.2) is 22.9 Å². The van der Waals surface area contributed by atoms with E-state index >= 15 is 0 Å². The summed E-state index contributed by atoms with van der Waals surface area (Å²) < 4.78 is 10.7. The molecule has 0 atom stereocenters. The van der Waals surface area contributed by atoms with Crippen molar-refractivity contribution in [3.8, 4) is 16.9 Å². The summed E-state index contributed by atoms with van der Waals surface area (Å²) in [6.07, 6.45) is 1.31. The van der Waals surface area contributed by atoms with Crippen LogP contribution in [0.4, 0.5) is 5.69 Å². The second-order valence-electron chi connectivity index (χ2n) is 5.29. The number of nitrogens with zero attached hydrogens (tertiary/aromatic N) is 2. The largest absolute Gasteiger partial charge is 0.496 e. The Morgan fingerprint density at radius 2 is 2.12 bits per heavy atom. The average molecular weight is 328 g/mol. The van der Waals surface area contributed by atoms with Gasteiger partial charge in [-0.05, 0) is 26.0 Å². The topological polar surface area (TPSA) is 123 Å². The lowest BCUT2D eigenvalue weighted by atomic mass is 9.99. The average Bonchev–Trinajstić information content (AvgIpc) is 2.90. The van der Waals surface area contributed by atoms with Crippen molar-refractivity contribution in [3.63, 3.8) is 0 Å². The fraction of sp³-hybridized carbons (Fsp3) is 0.188. The zero-order valence-corrected chi connectivity index (χ0v) is 13.4. The number of anilines is 1. The Morgan fingerprint density at radius 3 is 2.67 bits per heavy atom. The van der Waals surface area contributed by atoms with Gasteiger partial charge in [-0.2, -0.15) is 0 Å². The molecule has 0 bridgehead atoms. The van der Waals surface area contributed by atoms with Crippen LogP contribution in [0.5, 0.6) is 5.75 Å². The molecule has 0 unspecified atom stereocenters. The second kappa shape index (κ2) is 5.82. The predicted molar refractivity (Wildman–Crippen MR) is 87.2 cm³/mol. The Labute approximate surface area is 137 Å². The van der Waals surface area contributed by atoms with Gasteiger partial charge in [0.1, 0.15) is 11.5 Å². The number of rotatable bonds is 4. The highest BCUT2D eigenvalue weighted by Crippen LogP contribution is 2.39. The minimum Gasteiger partial charge on any atom is -0.496 e. The van der Waals surface area contributed by atoms with E-state index < -0.39 is 5.91 Å². The number of pyridine rings is 1. The summed E-state index contributed by atoms with van der Waals surface area (Å²) in [5.41, 5.74) is 10.4. The summed E-state index contributed by atoms with van der Waals surface area (Å²) in [6, 6.07) is 3.46. The van der Waals surface area contributed by atoms with E-state index in [-0.39, 0.29) is 11.3 Å². The number of primary amides is 1. The molecule has 0 fully saturated rings. The minimum atomic E-state index is -0.699. The van der Waals surface area contributed by atoms with Crippen molar-refractivity contribution in [1.29, 1.82) is 0 Å². The van der Waals surface area contributed by atoms with Gasteiger partial charge in [-0.1, -0.05) is 5.16 Å². The summed E-state index contributed by atoms with van der Waals surface area (Å²) in [5, 5.41) is 13.9. The molecule has 8 heteroatoms. The summed E-state index contributed by atoms with van der Waals surface area (Å²) >= 11 is 0. The number of hydrogen-bond donors (Lipinski definition) is 3. The molecule has 124 valence electrons. The van der Waals surface area contributed by atoms with E-state index in [9.17, 15) is 10.0 Å². The van der Waals surface area contributed by atoms with Gasteiger partial charge in [-0.15, -0.1) is 0 Å². The Bertz CT molecular complexity index is 929. The van der Waals surface area contributed by atoms with Crippen LogP contribution in [0, 0.1) is 13.8 Å². The summed E-state index contributed by atoms with van der Waals surface area (Å²) in [5.74, 6) is 0.478. The highest BCUT2D eigenvalue weighted by atomic mass is 16.5. The van der Waals surface area contributed by atoms with Gasteiger partial charge >= 0.3 is 0 Å². The van der Waals surface area contributed by atoms with E-state index in [0.717, 1.165) is 16.8 Å². The van der Waals surface area contributed by atoms with Gasteiger partial charge < -0.3 is 15.0 Å². The normalized spacial score (nSPS) is 10.8. The first-order valence-electron chi connectivity index (χ1n) is 7.11. The molecule has 1 aromatic carbocycles. The van der Waals surface area contributed by atoms with Gasteiger partial charge in [-0.3, -0.25) is 20.5 Å². The molecule has 0 saturated carbocycles. The van der Waals surface area contributed by atoms with Crippen molar-refractivity contribution in [3.05, 3.63) is 35.3 Å². The first kappa shape index (κ1) is 15.8. The van der Waals surface area contributed by atoms with Crippen molar-refractivity contribution in [1.82, 2.24) is 10.1 Å². The third kappa shape index (κ3) is 2.33. The third-order valence-electron chi connectivity index (χ3n) is 3.87. The molecule has 0 saturated heterocycles. The smallest absolute Gasteiger partial charge is 0.252 e. The number of hydrogen-bond acceptors (Lipinski definition) is 7. The van der Waals surface area contributed by atoms with E-state index in [1.807, 2.05) is 19.3 Å². The van der Waals surface area contributed by atoms with Gasteiger partial charge in [0.2, 0.25) is 0 Å². The monoisotopic (exact) mass is 328 g/mol. The quantitative estimate of drug-likeness (QED) is 0.628. The lowest BCUT2D eigenvalue weighted by Crippen LogP contribution is -2.14. The zero-order chi connectivity index (χ0) is 17.4. The van der Waals surface area contributed by atoms with Crippen molar-refractivity contribution < 1.29 is 19.3 Å². The van der Waals surface area contributed by atoms with Gasteiger partial charge in [0.05, 0.1) is 35.1 Å². The molecule has 3 aromatic rings. The Morgan fingerprint density at radius 1 is 1.38 bits per heavy atom. The van der Waals surface area contributed by atoms with Crippen molar-refractivity contribution >= 4 is 22.5 Å². The molecule has 0 aliphatic carbocycles. The van der Waals surface area contributed by atoms with Crippen molar-refractivity contribution in [2.45, 2.75) is 13.8 Å². The number of aryl methyl sites for hydroxylation is 2. The number of carbonyl (C=O) groups excluding carboxylic acids is 1. The molecule has 0 aliphatic rings. The molecule has 24 heavy (non-hydrogen) atoms. The van der Waals surface area contributed by atoms with Gasteiger partial charge in [0, 0.05) is 17.1 Å². The highest BCUT2D eigenvalue weighted by molar-refractivity contribution is 6.07. The number of nitrogens with one attached hydrogen (secondary N) is 1. The maximum absolute atomic E-state index is 11.5. The van der Waals surface area contributed by atoms with Crippen LogP contribution in [-0.4, -0.2) is 28.4 Å². The number of carbonyl (C=O) groups is 1. The predicted octanol–water partition coefficient (Wildman–Crippen LogP) is 2.42. The van der Waals surface area contributed by atoms with Crippen molar-refractivity contribution in [2.75, 3.05) is 12.6 Å². The molecule has 8 nitrogen and oxygen atoms in total. The molecule has 2 aromatic heterocycles. The molecule has 4 N–H and O–H groups in total. The number of aromatic nitrogens is 2. The maximum atomic E-state index is 11.5. The SMILES string of the molecule is COc1cc2c(NO)c(C(N)=O)cnc2cc1-c1c(C)noc1C. The number of ether oxygens (including phenoxy) is 1. The molecule has 0 radical (unpaired) electrons. The molecule has 1 amide bonds. The maximum Gasteiger partial charge on any atom is 0.252 e. The standard InChI is InChI=1S/C16H16N4O4/c1-7-14(8(2)24-20-7)10-4-12-9(5-13(10)23-3)15(19-22)11(6-18-12)16(17)21/h4-6,22H,1-3H3,(H2,17,21)(H,18,19). The first-order valence-corrected chi connectivity index (χ1v) is 7.11. The van der Waals surface area contributed by atoms with Crippen LogP contribution in [0.3, 0.4) is 0 Å². The number of methoxy groups -OCH3 is 1. The Balaban J connectivity index is 2.36. The zero-order valence-electron chi connectivity index (χ0n) is 13.4. The van der Waals surface area contributed by atoms with Crippen LogP contribution in [0.1, 0.15) is 21.8 Å². The van der Waals surface area contributed by atoms with Gasteiger partial charge in [-0.25, -0.2) is 0 Å². The fourth-order valence-electron chi connectivity index (χ4n) is 2.76. The van der Waals surface area contributed by atoms with E-state index in [4.69, 9.17) is 15.0 Å². The molecule has 2 heterocycles. The highest BCUT2D eigenvalue weighted by Gasteiger charge is 2.20. The van der Waals surface area contributed by atoms with Crippen LogP contribution < -0.4 is 16.0 Å². The minimum absolute atomic E-state index is 0.0807. The Kier molecular flexibility index (Phi) is 3.82. The van der Waals surface area contributed by atoms with Crippen LogP contribution in [0.25, 0.3) is 22.0 Å². The number of fused-ring (bicyclic) bond motifs is 1. The molecule has 3 rings (SSSR count). The number of benzene rings is 1.